The molecule has 0 radical (unpaired) electrons. The van der Waals surface area contributed by atoms with Crippen LogP contribution in [0.3, 0.4) is 0 Å². The van der Waals surface area contributed by atoms with Gasteiger partial charge in [-0.1, -0.05) is 11.8 Å². The second kappa shape index (κ2) is 6.03. The number of hydrogen-bond donors (Lipinski definition) is 1. The molecule has 0 atom stereocenters. The fraction of sp³-hybridized carbons (Fsp3) is 0.714. The number of hydrogen-bond acceptors (Lipinski definition) is 4. The first-order valence-electron chi connectivity index (χ1n) is 3.49. The molecule has 0 amide bonds. The minimum Gasteiger partial charge on any atom is -0.380 e. The lowest BCUT2D eigenvalue weighted by molar-refractivity contribution is 0.119. The van der Waals surface area contributed by atoms with Gasteiger partial charge in [-0.3, -0.25) is 0 Å². The van der Waals surface area contributed by atoms with E-state index in [2.05, 4.69) is 0 Å². The molecule has 0 saturated heterocycles. The van der Waals surface area contributed by atoms with Crippen molar-refractivity contribution in [3.8, 4) is 12.1 Å². The van der Waals surface area contributed by atoms with E-state index in [9.17, 15) is 5.11 Å². The van der Waals surface area contributed by atoms with Crippen molar-refractivity contribution in [1.29, 1.82) is 10.5 Å². The summed E-state index contributed by atoms with van der Waals surface area (Å²) in [6.07, 6.45) is 1.28. The first-order chi connectivity index (χ1) is 5.68. The fourth-order valence-corrected chi connectivity index (χ4v) is 1.68. The normalized spacial score (nSPS) is 10.6. The van der Waals surface area contributed by atoms with E-state index in [1.807, 2.05) is 12.1 Å². The van der Waals surface area contributed by atoms with Gasteiger partial charge in [0, 0.05) is 20.2 Å². The minimum atomic E-state index is -1.01. The van der Waals surface area contributed by atoms with E-state index in [0.717, 1.165) is 0 Å². The maximum absolute atomic E-state index is 9.66. The molecule has 1 N–H and O–H groups in total. The SMILES string of the molecule is N#CCCC(O)(CCC#N)P=S. The summed E-state index contributed by atoms with van der Waals surface area (Å²) in [5, 5.41) is 25.2. The Morgan fingerprint density at radius 1 is 1.25 bits per heavy atom. The van der Waals surface area contributed by atoms with Crippen LogP contribution >= 0.6 is 7.36 Å². The largest absolute Gasteiger partial charge is 0.380 e. The van der Waals surface area contributed by atoms with Crippen LogP contribution in [0, 0.1) is 22.7 Å². The van der Waals surface area contributed by atoms with E-state index in [1.54, 1.807) is 0 Å². The third-order valence-electron chi connectivity index (χ3n) is 1.44. The summed E-state index contributed by atoms with van der Waals surface area (Å²) >= 11 is 4.72. The lowest BCUT2D eigenvalue weighted by Gasteiger charge is -2.19. The Bertz CT molecular complexity index is 213. The summed E-state index contributed by atoms with van der Waals surface area (Å²) in [6.45, 7) is 0. The molecule has 0 rings (SSSR count). The van der Waals surface area contributed by atoms with Gasteiger partial charge in [0.05, 0.1) is 12.1 Å². The molecule has 0 aromatic carbocycles. The molecule has 3 nitrogen and oxygen atoms in total. The molecule has 0 aromatic rings. The Kier molecular flexibility index (Phi) is 5.76. The van der Waals surface area contributed by atoms with Gasteiger partial charge in [0.25, 0.3) is 0 Å². The van der Waals surface area contributed by atoms with Crippen LogP contribution in [0.1, 0.15) is 25.7 Å². The highest BCUT2D eigenvalue weighted by Crippen LogP contribution is 2.30. The van der Waals surface area contributed by atoms with Gasteiger partial charge in [0.1, 0.15) is 5.34 Å². The predicted octanol–water partition coefficient (Wildman–Crippen LogP) is 1.69. The Morgan fingerprint density at radius 3 is 1.92 bits per heavy atom. The molecular weight excluding hydrogens is 191 g/mol. The highest BCUT2D eigenvalue weighted by Gasteiger charge is 2.23. The molecule has 0 fully saturated rings. The molecule has 64 valence electrons. The molecule has 0 aromatic heterocycles. The topological polar surface area (TPSA) is 67.8 Å². The van der Waals surface area contributed by atoms with Crippen LogP contribution in [0.4, 0.5) is 0 Å². The van der Waals surface area contributed by atoms with E-state index >= 15 is 0 Å². The third-order valence-corrected chi connectivity index (χ3v) is 3.25. The van der Waals surface area contributed by atoms with Gasteiger partial charge < -0.3 is 5.11 Å². The van der Waals surface area contributed by atoms with Crippen LogP contribution in [-0.4, -0.2) is 10.4 Å². The summed E-state index contributed by atoms with van der Waals surface area (Å²) in [7, 11) is 0.423. The average molecular weight is 200 g/mol. The number of nitriles is 2. The lowest BCUT2D eigenvalue weighted by Crippen LogP contribution is -2.19. The van der Waals surface area contributed by atoms with Crippen LogP contribution in [-0.2, 0) is 11.8 Å². The van der Waals surface area contributed by atoms with Gasteiger partial charge in [-0.2, -0.15) is 10.5 Å². The van der Waals surface area contributed by atoms with E-state index in [1.165, 1.54) is 0 Å². The van der Waals surface area contributed by atoms with Crippen molar-refractivity contribution < 1.29 is 5.11 Å². The second-order valence-corrected chi connectivity index (χ2v) is 3.95. The Balaban J connectivity index is 3.99. The van der Waals surface area contributed by atoms with Gasteiger partial charge in [-0.15, -0.1) is 0 Å². The summed E-state index contributed by atoms with van der Waals surface area (Å²) in [5.74, 6) is 0. The molecule has 12 heavy (non-hydrogen) atoms. The average Bonchev–Trinajstić information content (AvgIpc) is 2.11. The van der Waals surface area contributed by atoms with Crippen molar-refractivity contribution in [2.24, 2.45) is 0 Å². The highest BCUT2D eigenvalue weighted by molar-refractivity contribution is 7.97. The number of nitrogens with zero attached hydrogens (tertiary/aromatic N) is 2. The standard InChI is InChI=1S/C7H9N2OPS/c8-5-1-3-7(10,11-12)4-2-6-9/h10H,1-4H2. The van der Waals surface area contributed by atoms with Crippen LogP contribution in [0.2, 0.25) is 0 Å². The molecule has 0 aliphatic carbocycles. The zero-order chi connectivity index (χ0) is 9.45. The van der Waals surface area contributed by atoms with Crippen LogP contribution in [0.5, 0.6) is 0 Å². The van der Waals surface area contributed by atoms with Gasteiger partial charge in [0.2, 0.25) is 0 Å². The summed E-state index contributed by atoms with van der Waals surface area (Å²) in [6, 6.07) is 3.88. The summed E-state index contributed by atoms with van der Waals surface area (Å²) in [4.78, 5) is 0. The number of rotatable bonds is 5. The minimum absolute atomic E-state index is 0.283. The molecular formula is C7H9N2OPS. The van der Waals surface area contributed by atoms with Gasteiger partial charge in [0.15, 0.2) is 0 Å². The molecule has 0 aliphatic heterocycles. The van der Waals surface area contributed by atoms with Crippen molar-refractivity contribution in [3.05, 3.63) is 0 Å². The Labute approximate surface area is 78.5 Å². The smallest absolute Gasteiger partial charge is 0.118 e. The molecule has 0 aliphatic rings. The van der Waals surface area contributed by atoms with Crippen molar-refractivity contribution in [1.82, 2.24) is 0 Å². The molecule has 0 heterocycles. The molecule has 0 saturated carbocycles. The molecule has 0 unspecified atom stereocenters. The zero-order valence-corrected chi connectivity index (χ0v) is 8.24. The van der Waals surface area contributed by atoms with Crippen LogP contribution in [0.25, 0.3) is 0 Å². The first-order valence-corrected chi connectivity index (χ1v) is 5.40. The van der Waals surface area contributed by atoms with Crippen LogP contribution < -0.4 is 0 Å². The van der Waals surface area contributed by atoms with Crippen molar-refractivity contribution >= 4 is 19.2 Å². The van der Waals surface area contributed by atoms with Crippen molar-refractivity contribution in [3.63, 3.8) is 0 Å². The summed E-state index contributed by atoms with van der Waals surface area (Å²) in [5.41, 5.74) is 0. The maximum atomic E-state index is 9.66. The monoisotopic (exact) mass is 200 g/mol. The molecule has 0 bridgehead atoms. The lowest BCUT2D eigenvalue weighted by atomic mass is 10.1. The van der Waals surface area contributed by atoms with Gasteiger partial charge in [-0.25, -0.2) is 0 Å². The van der Waals surface area contributed by atoms with Crippen LogP contribution in [0.15, 0.2) is 0 Å². The zero-order valence-electron chi connectivity index (χ0n) is 6.53. The quantitative estimate of drug-likeness (QED) is 0.685. The molecule has 5 heteroatoms. The maximum Gasteiger partial charge on any atom is 0.118 e. The van der Waals surface area contributed by atoms with Crippen molar-refractivity contribution in [2.75, 3.05) is 0 Å². The predicted molar refractivity (Wildman–Crippen MR) is 48.9 cm³/mol. The number of aliphatic hydroxyl groups is 1. The van der Waals surface area contributed by atoms with E-state index in [-0.39, 0.29) is 12.8 Å². The second-order valence-electron chi connectivity index (χ2n) is 2.39. The van der Waals surface area contributed by atoms with Crippen molar-refractivity contribution in [2.45, 2.75) is 31.0 Å². The summed E-state index contributed by atoms with van der Waals surface area (Å²) < 4.78 is 0. The van der Waals surface area contributed by atoms with E-state index < -0.39 is 5.34 Å². The Hall–Kier alpha value is -0.540. The third kappa shape index (κ3) is 4.36. The fourth-order valence-electron chi connectivity index (χ4n) is 0.728. The highest BCUT2D eigenvalue weighted by atomic mass is 32.4. The Morgan fingerprint density at radius 2 is 1.67 bits per heavy atom. The van der Waals surface area contributed by atoms with Gasteiger partial charge >= 0.3 is 0 Å². The molecule has 0 spiro atoms. The van der Waals surface area contributed by atoms with E-state index in [4.69, 9.17) is 22.3 Å². The van der Waals surface area contributed by atoms with Gasteiger partial charge in [-0.05, 0) is 12.8 Å². The first kappa shape index (κ1) is 11.5. The van der Waals surface area contributed by atoms with E-state index in [0.29, 0.717) is 20.2 Å².